The Bertz CT molecular complexity index is 373. The van der Waals surface area contributed by atoms with Gasteiger partial charge in [0.1, 0.15) is 5.82 Å². The second-order valence-corrected chi connectivity index (χ2v) is 4.98. The van der Waals surface area contributed by atoms with Gasteiger partial charge in [0.05, 0.1) is 0 Å². The molecule has 1 aromatic carbocycles. The molecule has 2 atom stereocenters. The van der Waals surface area contributed by atoms with Crippen molar-refractivity contribution in [1.82, 2.24) is 4.90 Å². The lowest BCUT2D eigenvalue weighted by Crippen LogP contribution is -2.48. The number of benzene rings is 1. The van der Waals surface area contributed by atoms with Crippen molar-refractivity contribution < 1.29 is 4.39 Å². The molecule has 4 heteroatoms. The van der Waals surface area contributed by atoms with Gasteiger partial charge in [-0.25, -0.2) is 4.39 Å². The van der Waals surface area contributed by atoms with Crippen molar-refractivity contribution in [2.75, 3.05) is 13.1 Å². The first-order valence-electron chi connectivity index (χ1n) is 6.40. The van der Waals surface area contributed by atoms with Crippen LogP contribution in [0.5, 0.6) is 0 Å². The summed E-state index contributed by atoms with van der Waals surface area (Å²) in [7, 11) is 0. The first-order valence-corrected chi connectivity index (χ1v) is 6.40. The lowest BCUT2D eigenvalue weighted by Gasteiger charge is -2.39. The summed E-state index contributed by atoms with van der Waals surface area (Å²) in [6, 6.07) is 7.41. The fourth-order valence-electron chi connectivity index (χ4n) is 2.76. The average molecular weight is 273 g/mol. The Morgan fingerprint density at radius 2 is 2.11 bits per heavy atom. The Morgan fingerprint density at radius 3 is 2.78 bits per heavy atom. The zero-order valence-electron chi connectivity index (χ0n) is 10.8. The number of hydrogen-bond donors (Lipinski definition) is 1. The van der Waals surface area contributed by atoms with Crippen LogP contribution in [0.15, 0.2) is 24.3 Å². The highest BCUT2D eigenvalue weighted by molar-refractivity contribution is 5.85. The number of rotatable bonds is 3. The Morgan fingerprint density at radius 1 is 1.39 bits per heavy atom. The lowest BCUT2D eigenvalue weighted by molar-refractivity contribution is 0.0979. The first kappa shape index (κ1) is 15.4. The van der Waals surface area contributed by atoms with Crippen LogP contribution < -0.4 is 5.73 Å². The average Bonchev–Trinajstić information content (AvgIpc) is 2.32. The van der Waals surface area contributed by atoms with Gasteiger partial charge in [0.15, 0.2) is 0 Å². The van der Waals surface area contributed by atoms with Crippen molar-refractivity contribution in [2.24, 2.45) is 11.7 Å². The zero-order valence-corrected chi connectivity index (χ0v) is 11.6. The Kier molecular flexibility index (Phi) is 6.06. The molecule has 102 valence electrons. The van der Waals surface area contributed by atoms with Gasteiger partial charge in [-0.1, -0.05) is 25.1 Å². The summed E-state index contributed by atoms with van der Waals surface area (Å²) in [4.78, 5) is 2.33. The summed E-state index contributed by atoms with van der Waals surface area (Å²) < 4.78 is 13.6. The number of nitrogens with zero attached hydrogens (tertiary/aromatic N) is 1. The van der Waals surface area contributed by atoms with Crippen molar-refractivity contribution >= 4 is 12.4 Å². The van der Waals surface area contributed by atoms with Crippen molar-refractivity contribution in [1.29, 1.82) is 0 Å². The molecule has 1 saturated heterocycles. The van der Waals surface area contributed by atoms with Gasteiger partial charge < -0.3 is 5.73 Å². The van der Waals surface area contributed by atoms with Crippen LogP contribution in [-0.4, -0.2) is 24.0 Å². The summed E-state index contributed by atoms with van der Waals surface area (Å²) in [6.45, 7) is 4.61. The minimum atomic E-state index is -0.110. The Hall–Kier alpha value is -0.640. The van der Waals surface area contributed by atoms with E-state index < -0.39 is 0 Å². The molecule has 0 saturated carbocycles. The molecule has 2 N–H and O–H groups in total. The molecule has 0 spiro atoms. The van der Waals surface area contributed by atoms with E-state index in [2.05, 4.69) is 11.8 Å². The summed E-state index contributed by atoms with van der Waals surface area (Å²) in [5.74, 6) is 0.502. The highest BCUT2D eigenvalue weighted by Crippen LogP contribution is 2.24. The fraction of sp³-hybridized carbons (Fsp3) is 0.571. The van der Waals surface area contributed by atoms with Crippen molar-refractivity contribution in [3.05, 3.63) is 35.6 Å². The van der Waals surface area contributed by atoms with Crippen molar-refractivity contribution in [2.45, 2.75) is 32.4 Å². The van der Waals surface area contributed by atoms with Gasteiger partial charge in [0.25, 0.3) is 0 Å². The maximum Gasteiger partial charge on any atom is 0.127 e. The Labute approximate surface area is 115 Å². The van der Waals surface area contributed by atoms with E-state index in [0.29, 0.717) is 25.0 Å². The van der Waals surface area contributed by atoms with Gasteiger partial charge in [0.2, 0.25) is 0 Å². The monoisotopic (exact) mass is 272 g/mol. The van der Waals surface area contributed by atoms with Crippen LogP contribution in [0, 0.1) is 11.7 Å². The fourth-order valence-corrected chi connectivity index (χ4v) is 2.76. The molecule has 1 fully saturated rings. The van der Waals surface area contributed by atoms with Crippen LogP contribution in [0.3, 0.4) is 0 Å². The molecular formula is C14H22ClFN2. The van der Waals surface area contributed by atoms with E-state index in [1.165, 1.54) is 18.9 Å². The SMILES string of the molecule is CC1CCCN(Cc2ccccc2F)C1CN.Cl. The number of hydrogen-bond acceptors (Lipinski definition) is 2. The third kappa shape index (κ3) is 3.44. The molecule has 2 unspecified atom stereocenters. The molecule has 18 heavy (non-hydrogen) atoms. The normalized spacial score (nSPS) is 24.6. The van der Waals surface area contributed by atoms with Gasteiger partial charge >= 0.3 is 0 Å². The van der Waals surface area contributed by atoms with Gasteiger partial charge in [-0.3, -0.25) is 4.90 Å². The van der Waals surface area contributed by atoms with Crippen LogP contribution in [-0.2, 0) is 6.54 Å². The maximum absolute atomic E-state index is 13.6. The third-order valence-corrected chi connectivity index (χ3v) is 3.80. The number of likely N-dealkylation sites (tertiary alicyclic amines) is 1. The molecule has 0 radical (unpaired) electrons. The minimum absolute atomic E-state index is 0. The zero-order chi connectivity index (χ0) is 12.3. The number of nitrogens with two attached hydrogens (primary N) is 1. The molecule has 1 aliphatic rings. The topological polar surface area (TPSA) is 29.3 Å². The smallest absolute Gasteiger partial charge is 0.127 e. The number of halogens is 2. The predicted octanol–water partition coefficient (Wildman–Crippen LogP) is 2.81. The minimum Gasteiger partial charge on any atom is -0.329 e. The highest BCUT2D eigenvalue weighted by atomic mass is 35.5. The number of piperidine rings is 1. The predicted molar refractivity (Wildman–Crippen MR) is 75.3 cm³/mol. The van der Waals surface area contributed by atoms with Gasteiger partial charge in [-0.15, -0.1) is 12.4 Å². The summed E-state index contributed by atoms with van der Waals surface area (Å²) in [5.41, 5.74) is 6.62. The molecular weight excluding hydrogens is 251 g/mol. The largest absolute Gasteiger partial charge is 0.329 e. The molecule has 1 aromatic rings. The molecule has 0 aliphatic carbocycles. The van der Waals surface area contributed by atoms with Gasteiger partial charge in [0, 0.05) is 24.7 Å². The molecule has 0 amide bonds. The van der Waals surface area contributed by atoms with Crippen LogP contribution in [0.1, 0.15) is 25.3 Å². The van der Waals surface area contributed by atoms with E-state index in [-0.39, 0.29) is 18.2 Å². The molecule has 0 bridgehead atoms. The van der Waals surface area contributed by atoms with Crippen molar-refractivity contribution in [3.8, 4) is 0 Å². The maximum atomic E-state index is 13.6. The molecule has 0 aromatic heterocycles. The van der Waals surface area contributed by atoms with E-state index in [0.717, 1.165) is 12.1 Å². The second kappa shape index (κ2) is 7.07. The van der Waals surface area contributed by atoms with Crippen molar-refractivity contribution in [3.63, 3.8) is 0 Å². The molecule has 1 heterocycles. The third-order valence-electron chi connectivity index (χ3n) is 3.80. The van der Waals surface area contributed by atoms with Gasteiger partial charge in [-0.2, -0.15) is 0 Å². The Balaban J connectivity index is 0.00000162. The summed E-state index contributed by atoms with van der Waals surface area (Å²) >= 11 is 0. The highest BCUT2D eigenvalue weighted by Gasteiger charge is 2.27. The quantitative estimate of drug-likeness (QED) is 0.917. The molecule has 2 rings (SSSR count). The summed E-state index contributed by atoms with van der Waals surface area (Å²) in [6.07, 6.45) is 2.42. The van der Waals surface area contributed by atoms with Crippen LogP contribution >= 0.6 is 12.4 Å². The standard InChI is InChI=1S/C14H21FN2.ClH/c1-11-5-4-8-17(14(11)9-16)10-12-6-2-3-7-13(12)15;/h2-3,6-7,11,14H,4-5,8-10,16H2,1H3;1H. The van der Waals surface area contributed by atoms with Crippen LogP contribution in [0.2, 0.25) is 0 Å². The lowest BCUT2D eigenvalue weighted by atomic mass is 9.90. The van der Waals surface area contributed by atoms with E-state index in [1.807, 2.05) is 12.1 Å². The van der Waals surface area contributed by atoms with E-state index in [4.69, 9.17) is 5.73 Å². The second-order valence-electron chi connectivity index (χ2n) is 4.98. The molecule has 1 aliphatic heterocycles. The van der Waals surface area contributed by atoms with Crippen LogP contribution in [0.4, 0.5) is 4.39 Å². The summed E-state index contributed by atoms with van der Waals surface area (Å²) in [5, 5.41) is 0. The van der Waals surface area contributed by atoms with E-state index >= 15 is 0 Å². The van der Waals surface area contributed by atoms with Crippen LogP contribution in [0.25, 0.3) is 0 Å². The van der Waals surface area contributed by atoms with Gasteiger partial charge in [-0.05, 0) is 31.4 Å². The first-order chi connectivity index (χ1) is 8.22. The molecule has 2 nitrogen and oxygen atoms in total. The van der Waals surface area contributed by atoms with E-state index in [1.54, 1.807) is 6.07 Å². The van der Waals surface area contributed by atoms with E-state index in [9.17, 15) is 4.39 Å².